The normalized spacial score (nSPS) is 17.5. The molecule has 4 heteroatoms. The Morgan fingerprint density at radius 2 is 1.26 bits per heavy atom. The lowest BCUT2D eigenvalue weighted by molar-refractivity contribution is -0.206. The number of unbranched alkanes of at least 4 members (excludes halogenated alkanes) is 13. The number of ether oxygens (including phenoxy) is 3. The summed E-state index contributed by atoms with van der Waals surface area (Å²) in [7, 11) is 0. The van der Waals surface area contributed by atoms with Crippen LogP contribution in [-0.4, -0.2) is 24.8 Å². The van der Waals surface area contributed by atoms with Crippen LogP contribution >= 0.6 is 0 Å². The minimum Gasteiger partial charge on any atom is -0.494 e. The van der Waals surface area contributed by atoms with Crippen molar-refractivity contribution in [2.75, 3.05) is 19.8 Å². The van der Waals surface area contributed by atoms with Gasteiger partial charge in [-0.1, -0.05) is 110 Å². The Kier molecular flexibility index (Phi) is 15.5. The first kappa shape index (κ1) is 30.6. The fourth-order valence-electron chi connectivity index (χ4n) is 5.16. The minimum atomic E-state index is -0.297. The molecule has 0 aliphatic carbocycles. The maximum absolute atomic E-state index is 6.05. The van der Waals surface area contributed by atoms with Gasteiger partial charge in [-0.3, -0.25) is 4.98 Å². The van der Waals surface area contributed by atoms with Crippen LogP contribution in [0.1, 0.15) is 128 Å². The van der Waals surface area contributed by atoms with Gasteiger partial charge < -0.3 is 14.2 Å². The van der Waals surface area contributed by atoms with E-state index in [2.05, 4.69) is 43.1 Å². The Morgan fingerprint density at radius 1 is 0.684 bits per heavy atom. The molecule has 1 aliphatic heterocycles. The molecule has 4 nitrogen and oxygen atoms in total. The largest absolute Gasteiger partial charge is 0.494 e. The zero-order valence-electron chi connectivity index (χ0n) is 24.3. The summed E-state index contributed by atoms with van der Waals surface area (Å²) in [5.41, 5.74) is 3.04. The van der Waals surface area contributed by atoms with Crippen LogP contribution in [0.5, 0.6) is 5.75 Å². The lowest BCUT2D eigenvalue weighted by atomic mass is 10.0. The molecule has 0 radical (unpaired) electrons. The molecule has 38 heavy (non-hydrogen) atoms. The molecule has 2 aromatic rings. The van der Waals surface area contributed by atoms with E-state index in [0.29, 0.717) is 5.92 Å². The summed E-state index contributed by atoms with van der Waals surface area (Å²) in [4.78, 5) is 4.69. The number of pyridine rings is 1. The summed E-state index contributed by atoms with van der Waals surface area (Å²) < 4.78 is 18.1. The summed E-state index contributed by atoms with van der Waals surface area (Å²) in [5.74, 6) is 1.45. The quantitative estimate of drug-likeness (QED) is 0.162. The van der Waals surface area contributed by atoms with Crippen molar-refractivity contribution in [2.45, 2.75) is 123 Å². The van der Waals surface area contributed by atoms with E-state index in [0.717, 1.165) is 48.8 Å². The Hall–Kier alpha value is -1.91. The average Bonchev–Trinajstić information content (AvgIpc) is 2.97. The monoisotopic (exact) mass is 523 g/mol. The highest BCUT2D eigenvalue weighted by molar-refractivity contribution is 5.60. The van der Waals surface area contributed by atoms with Gasteiger partial charge in [0.05, 0.1) is 25.5 Å². The molecule has 0 saturated carbocycles. The van der Waals surface area contributed by atoms with Crippen LogP contribution in [0.2, 0.25) is 0 Å². The average molecular weight is 524 g/mol. The predicted octanol–water partition coefficient (Wildman–Crippen LogP) is 10.1. The van der Waals surface area contributed by atoms with Crippen LogP contribution in [0.15, 0.2) is 42.6 Å². The third-order valence-electron chi connectivity index (χ3n) is 7.66. The number of nitrogens with zero attached hydrogens (tertiary/aromatic N) is 1. The second kappa shape index (κ2) is 19.2. The van der Waals surface area contributed by atoms with Gasteiger partial charge in [0.25, 0.3) is 0 Å². The molecular weight excluding hydrogens is 470 g/mol. The summed E-state index contributed by atoms with van der Waals surface area (Å²) in [6.07, 6.45) is 22.8. The molecule has 1 aromatic heterocycles. The second-order valence-corrected chi connectivity index (χ2v) is 11.1. The molecular formula is C34H53NO3. The SMILES string of the molecule is CCCCCCCCCCOc1ccc(-c2ccc([C@H]3OC[C@H](CCCCCCCCC)CO3)cn2)cc1. The van der Waals surface area contributed by atoms with Gasteiger partial charge in [0.2, 0.25) is 0 Å². The molecule has 0 spiro atoms. The molecule has 1 aromatic carbocycles. The first-order valence-corrected chi connectivity index (χ1v) is 15.7. The summed E-state index contributed by atoms with van der Waals surface area (Å²) in [5, 5.41) is 0. The van der Waals surface area contributed by atoms with E-state index < -0.39 is 0 Å². The lowest BCUT2D eigenvalue weighted by Gasteiger charge is -2.29. The Labute approximate surface area is 232 Å². The van der Waals surface area contributed by atoms with Gasteiger partial charge in [0, 0.05) is 23.2 Å². The van der Waals surface area contributed by atoms with Crippen LogP contribution in [0, 0.1) is 5.92 Å². The Balaban J connectivity index is 1.30. The first-order chi connectivity index (χ1) is 18.8. The van der Waals surface area contributed by atoms with Crippen molar-refractivity contribution in [3.05, 3.63) is 48.2 Å². The number of benzene rings is 1. The van der Waals surface area contributed by atoms with E-state index in [1.807, 2.05) is 18.3 Å². The lowest BCUT2D eigenvalue weighted by Crippen LogP contribution is -2.27. The van der Waals surface area contributed by atoms with Crippen LogP contribution in [0.25, 0.3) is 11.3 Å². The van der Waals surface area contributed by atoms with E-state index in [9.17, 15) is 0 Å². The third-order valence-corrected chi connectivity index (χ3v) is 7.66. The fraction of sp³-hybridized carbons (Fsp3) is 0.676. The Morgan fingerprint density at radius 3 is 1.84 bits per heavy atom. The van der Waals surface area contributed by atoms with Gasteiger partial charge in [0.15, 0.2) is 6.29 Å². The van der Waals surface area contributed by atoms with Gasteiger partial charge in [-0.2, -0.15) is 0 Å². The van der Waals surface area contributed by atoms with E-state index in [-0.39, 0.29) is 6.29 Å². The molecule has 0 atom stereocenters. The van der Waals surface area contributed by atoms with Crippen molar-refractivity contribution < 1.29 is 14.2 Å². The number of rotatable bonds is 20. The maximum Gasteiger partial charge on any atom is 0.185 e. The van der Waals surface area contributed by atoms with Gasteiger partial charge >= 0.3 is 0 Å². The van der Waals surface area contributed by atoms with Crippen LogP contribution < -0.4 is 4.74 Å². The zero-order valence-corrected chi connectivity index (χ0v) is 24.3. The van der Waals surface area contributed by atoms with Crippen molar-refractivity contribution in [3.8, 4) is 17.0 Å². The Bertz CT molecular complexity index is 828. The molecule has 0 bridgehead atoms. The molecule has 3 rings (SSSR count). The number of hydrogen-bond donors (Lipinski definition) is 0. The molecule has 2 heterocycles. The smallest absolute Gasteiger partial charge is 0.185 e. The highest BCUT2D eigenvalue weighted by Crippen LogP contribution is 2.29. The van der Waals surface area contributed by atoms with Gasteiger partial charge in [-0.15, -0.1) is 0 Å². The van der Waals surface area contributed by atoms with Crippen molar-refractivity contribution >= 4 is 0 Å². The van der Waals surface area contributed by atoms with Crippen LogP contribution in [0.3, 0.4) is 0 Å². The van der Waals surface area contributed by atoms with Crippen LogP contribution in [-0.2, 0) is 9.47 Å². The first-order valence-electron chi connectivity index (χ1n) is 15.7. The van der Waals surface area contributed by atoms with Crippen molar-refractivity contribution in [1.29, 1.82) is 0 Å². The van der Waals surface area contributed by atoms with E-state index >= 15 is 0 Å². The molecule has 0 amide bonds. The predicted molar refractivity (Wildman–Crippen MR) is 159 cm³/mol. The van der Waals surface area contributed by atoms with Gasteiger partial charge in [-0.05, 0) is 43.2 Å². The third kappa shape index (κ3) is 11.9. The molecule has 0 unspecified atom stereocenters. The topological polar surface area (TPSA) is 40.6 Å². The highest BCUT2D eigenvalue weighted by atomic mass is 16.7. The summed E-state index contributed by atoms with van der Waals surface area (Å²) in [6, 6.07) is 12.4. The van der Waals surface area contributed by atoms with Crippen molar-refractivity contribution in [1.82, 2.24) is 4.98 Å². The molecule has 212 valence electrons. The van der Waals surface area contributed by atoms with Crippen molar-refractivity contribution in [2.24, 2.45) is 5.92 Å². The standard InChI is InChI=1S/C34H53NO3/c1-3-5-7-9-11-13-15-17-25-36-32-22-19-30(20-23-32)33-24-21-31(26-35-33)34-37-27-29(28-38-34)18-16-14-12-10-8-6-4-2/h19-24,26,29,34H,3-18,25,27-28H2,1-2H3/t29-,34-. The van der Waals surface area contributed by atoms with Crippen LogP contribution in [0.4, 0.5) is 0 Å². The second-order valence-electron chi connectivity index (χ2n) is 11.1. The molecule has 1 fully saturated rings. The highest BCUT2D eigenvalue weighted by Gasteiger charge is 2.23. The molecule has 1 aliphatic rings. The summed E-state index contributed by atoms with van der Waals surface area (Å²) >= 11 is 0. The number of aromatic nitrogens is 1. The summed E-state index contributed by atoms with van der Waals surface area (Å²) in [6.45, 7) is 6.90. The van der Waals surface area contributed by atoms with E-state index in [1.165, 1.54) is 96.3 Å². The zero-order chi connectivity index (χ0) is 26.7. The van der Waals surface area contributed by atoms with Crippen molar-refractivity contribution in [3.63, 3.8) is 0 Å². The molecule has 1 saturated heterocycles. The van der Waals surface area contributed by atoms with Gasteiger partial charge in [-0.25, -0.2) is 0 Å². The maximum atomic E-state index is 6.05. The number of hydrogen-bond acceptors (Lipinski definition) is 4. The minimum absolute atomic E-state index is 0.297. The van der Waals surface area contributed by atoms with Gasteiger partial charge in [0.1, 0.15) is 5.75 Å². The van der Waals surface area contributed by atoms with E-state index in [4.69, 9.17) is 14.2 Å². The molecule has 0 N–H and O–H groups in total. The fourth-order valence-corrected chi connectivity index (χ4v) is 5.16. The van der Waals surface area contributed by atoms with E-state index in [1.54, 1.807) is 0 Å².